The first-order valence-corrected chi connectivity index (χ1v) is 8.05. The van der Waals surface area contributed by atoms with Crippen molar-refractivity contribution >= 4 is 17.4 Å². The molecule has 1 N–H and O–H groups in total. The third-order valence-corrected chi connectivity index (χ3v) is 4.59. The molecule has 0 spiro atoms. The predicted molar refractivity (Wildman–Crippen MR) is 84.1 cm³/mol. The number of fused-ring (bicyclic) bond motifs is 1. The molecule has 2 heteroatoms. The van der Waals surface area contributed by atoms with Crippen LogP contribution in [0.4, 0.5) is 5.69 Å². The van der Waals surface area contributed by atoms with Crippen LogP contribution in [0.25, 0.3) is 0 Å². The number of benzene rings is 2. The molecule has 0 bridgehead atoms. The Balaban J connectivity index is 1.82. The van der Waals surface area contributed by atoms with Gasteiger partial charge in [-0.05, 0) is 54.0 Å². The maximum atomic E-state index is 3.63. The van der Waals surface area contributed by atoms with Gasteiger partial charge in [-0.1, -0.05) is 31.2 Å². The molecule has 0 saturated heterocycles. The van der Waals surface area contributed by atoms with Crippen molar-refractivity contribution in [2.45, 2.75) is 30.7 Å². The number of hydrogen-bond acceptors (Lipinski definition) is 2. The first kappa shape index (κ1) is 12.6. The van der Waals surface area contributed by atoms with Crippen LogP contribution in [0.3, 0.4) is 0 Å². The summed E-state index contributed by atoms with van der Waals surface area (Å²) in [4.78, 5) is 1.33. The molecule has 1 atom stereocenters. The Morgan fingerprint density at radius 1 is 1.16 bits per heavy atom. The summed E-state index contributed by atoms with van der Waals surface area (Å²) in [6.45, 7) is 2.21. The van der Waals surface area contributed by atoms with Gasteiger partial charge in [0.25, 0.3) is 0 Å². The van der Waals surface area contributed by atoms with Crippen molar-refractivity contribution in [1.29, 1.82) is 0 Å². The molecule has 3 rings (SSSR count). The van der Waals surface area contributed by atoms with Crippen LogP contribution in [-0.2, 0) is 12.8 Å². The zero-order chi connectivity index (χ0) is 13.2. The molecule has 0 aliphatic carbocycles. The van der Waals surface area contributed by atoms with E-state index < -0.39 is 0 Å². The lowest BCUT2D eigenvalue weighted by atomic mass is 10.0. The molecule has 1 aliphatic rings. The van der Waals surface area contributed by atoms with E-state index in [0.717, 1.165) is 12.8 Å². The van der Waals surface area contributed by atoms with Gasteiger partial charge in [-0.2, -0.15) is 0 Å². The number of hydrogen-bond donors (Lipinski definition) is 1. The Bertz CT molecular complexity index is 574. The lowest BCUT2D eigenvalue weighted by Gasteiger charge is -2.12. The van der Waals surface area contributed by atoms with E-state index in [-0.39, 0.29) is 0 Å². The standard InChI is InChI=1S/C17H19NS/c1-3-12-4-9-16-14(10-12)11-17(18-16)13-5-7-15(19-2)8-6-13/h4-10,17-18H,3,11H2,1-2H3. The molecule has 1 aliphatic heterocycles. The van der Waals surface area contributed by atoms with Crippen LogP contribution in [0.1, 0.15) is 29.7 Å². The summed E-state index contributed by atoms with van der Waals surface area (Å²) >= 11 is 1.79. The molecule has 0 aromatic heterocycles. The molecule has 2 aromatic rings. The van der Waals surface area contributed by atoms with Crippen molar-refractivity contribution in [3.63, 3.8) is 0 Å². The van der Waals surface area contributed by atoms with Crippen LogP contribution in [0.5, 0.6) is 0 Å². The molecule has 1 unspecified atom stereocenters. The Kier molecular flexibility index (Phi) is 3.52. The van der Waals surface area contributed by atoms with Gasteiger partial charge in [-0.3, -0.25) is 0 Å². The van der Waals surface area contributed by atoms with Crippen LogP contribution >= 0.6 is 11.8 Å². The fourth-order valence-electron chi connectivity index (χ4n) is 2.67. The first-order valence-electron chi connectivity index (χ1n) is 6.82. The van der Waals surface area contributed by atoms with Crippen LogP contribution in [-0.4, -0.2) is 6.26 Å². The van der Waals surface area contributed by atoms with Crippen LogP contribution in [0.2, 0.25) is 0 Å². The Labute approximate surface area is 119 Å². The second kappa shape index (κ2) is 5.30. The molecule has 19 heavy (non-hydrogen) atoms. The molecule has 0 radical (unpaired) electrons. The minimum Gasteiger partial charge on any atom is -0.378 e. The summed E-state index contributed by atoms with van der Waals surface area (Å²) < 4.78 is 0. The van der Waals surface area contributed by atoms with E-state index in [2.05, 4.69) is 61.0 Å². The third kappa shape index (κ3) is 2.50. The highest BCUT2D eigenvalue weighted by Crippen LogP contribution is 2.35. The molecule has 2 aromatic carbocycles. The lowest BCUT2D eigenvalue weighted by molar-refractivity contribution is 0.822. The van der Waals surface area contributed by atoms with Gasteiger partial charge in [0.2, 0.25) is 0 Å². The van der Waals surface area contributed by atoms with E-state index in [0.29, 0.717) is 6.04 Å². The zero-order valence-electron chi connectivity index (χ0n) is 11.4. The molecule has 1 nitrogen and oxygen atoms in total. The molecule has 98 valence electrons. The zero-order valence-corrected chi connectivity index (χ0v) is 12.3. The average Bonchev–Trinajstić information content (AvgIpc) is 2.90. The molecule has 0 amide bonds. The van der Waals surface area contributed by atoms with E-state index in [9.17, 15) is 0 Å². The van der Waals surface area contributed by atoms with Gasteiger partial charge < -0.3 is 5.32 Å². The minimum atomic E-state index is 0.429. The maximum absolute atomic E-state index is 3.63. The Hall–Kier alpha value is -1.41. The van der Waals surface area contributed by atoms with Gasteiger partial charge in [0.1, 0.15) is 0 Å². The lowest BCUT2D eigenvalue weighted by Crippen LogP contribution is -2.05. The number of anilines is 1. The SMILES string of the molecule is CCc1ccc2c(c1)CC(c1ccc(SC)cc1)N2. The van der Waals surface area contributed by atoms with Crippen LogP contribution in [0, 0.1) is 0 Å². The Morgan fingerprint density at radius 2 is 1.95 bits per heavy atom. The number of aryl methyl sites for hydroxylation is 1. The molecular formula is C17H19NS. The van der Waals surface area contributed by atoms with Crippen molar-refractivity contribution in [3.8, 4) is 0 Å². The van der Waals surface area contributed by atoms with Crippen molar-refractivity contribution in [1.82, 2.24) is 0 Å². The maximum Gasteiger partial charge on any atom is 0.0555 e. The number of nitrogens with one attached hydrogen (secondary N) is 1. The van der Waals surface area contributed by atoms with E-state index in [4.69, 9.17) is 0 Å². The van der Waals surface area contributed by atoms with Gasteiger partial charge in [0.05, 0.1) is 6.04 Å². The van der Waals surface area contributed by atoms with Crippen LogP contribution in [0.15, 0.2) is 47.4 Å². The smallest absolute Gasteiger partial charge is 0.0555 e. The summed E-state index contributed by atoms with van der Waals surface area (Å²) in [6, 6.07) is 16.1. The van der Waals surface area contributed by atoms with Crippen molar-refractivity contribution in [3.05, 3.63) is 59.2 Å². The van der Waals surface area contributed by atoms with E-state index in [1.54, 1.807) is 11.8 Å². The number of rotatable bonds is 3. The molecule has 1 heterocycles. The minimum absolute atomic E-state index is 0.429. The summed E-state index contributed by atoms with van der Waals surface area (Å²) in [7, 11) is 0. The third-order valence-electron chi connectivity index (χ3n) is 3.85. The van der Waals surface area contributed by atoms with E-state index >= 15 is 0 Å². The van der Waals surface area contributed by atoms with Crippen LogP contribution < -0.4 is 5.32 Å². The molecule has 0 fully saturated rings. The van der Waals surface area contributed by atoms with Crippen molar-refractivity contribution in [2.75, 3.05) is 11.6 Å². The largest absolute Gasteiger partial charge is 0.378 e. The fourth-order valence-corrected chi connectivity index (χ4v) is 3.08. The average molecular weight is 269 g/mol. The topological polar surface area (TPSA) is 12.0 Å². The second-order valence-electron chi connectivity index (χ2n) is 5.02. The summed E-state index contributed by atoms with van der Waals surface area (Å²) in [6.07, 6.45) is 4.33. The van der Waals surface area contributed by atoms with Gasteiger partial charge in [-0.25, -0.2) is 0 Å². The quantitative estimate of drug-likeness (QED) is 0.812. The van der Waals surface area contributed by atoms with Gasteiger partial charge in [0, 0.05) is 10.6 Å². The molecule has 0 saturated carbocycles. The summed E-state index contributed by atoms with van der Waals surface area (Å²) in [5.41, 5.74) is 5.57. The first-order chi connectivity index (χ1) is 9.30. The Morgan fingerprint density at radius 3 is 2.63 bits per heavy atom. The highest BCUT2D eigenvalue weighted by Gasteiger charge is 2.21. The van der Waals surface area contributed by atoms with Gasteiger partial charge in [0.15, 0.2) is 0 Å². The fraction of sp³-hybridized carbons (Fsp3) is 0.294. The van der Waals surface area contributed by atoms with Gasteiger partial charge >= 0.3 is 0 Å². The predicted octanol–water partition coefficient (Wildman–Crippen LogP) is 4.68. The summed E-state index contributed by atoms with van der Waals surface area (Å²) in [5, 5.41) is 3.63. The number of thioether (sulfide) groups is 1. The normalized spacial score (nSPS) is 17.1. The van der Waals surface area contributed by atoms with Crippen molar-refractivity contribution in [2.24, 2.45) is 0 Å². The summed E-state index contributed by atoms with van der Waals surface area (Å²) in [5.74, 6) is 0. The van der Waals surface area contributed by atoms with Crippen molar-refractivity contribution < 1.29 is 0 Å². The van der Waals surface area contributed by atoms with Gasteiger partial charge in [-0.15, -0.1) is 11.8 Å². The van der Waals surface area contributed by atoms with E-state index in [1.807, 2.05) is 0 Å². The second-order valence-corrected chi connectivity index (χ2v) is 5.90. The monoisotopic (exact) mass is 269 g/mol. The van der Waals surface area contributed by atoms with E-state index in [1.165, 1.54) is 27.3 Å². The highest BCUT2D eigenvalue weighted by molar-refractivity contribution is 7.98. The molecular weight excluding hydrogens is 250 g/mol. The highest BCUT2D eigenvalue weighted by atomic mass is 32.2.